The number of anilines is 2. The van der Waals surface area contributed by atoms with Crippen LogP contribution >= 0.6 is 0 Å². The quantitative estimate of drug-likeness (QED) is 0.292. The highest BCUT2D eigenvalue weighted by atomic mass is 19.1. The summed E-state index contributed by atoms with van der Waals surface area (Å²) >= 11 is 0. The number of rotatable bonds is 7. The molecule has 0 aliphatic heterocycles. The fraction of sp³-hybridized carbons (Fsp3) is 0.0800. The molecule has 3 aromatic carbocycles. The first-order chi connectivity index (χ1) is 15.9. The Hall–Kier alpha value is -4.46. The van der Waals surface area contributed by atoms with Gasteiger partial charge < -0.3 is 20.1 Å². The summed E-state index contributed by atoms with van der Waals surface area (Å²) < 4.78 is 23.2. The fourth-order valence-corrected chi connectivity index (χ4v) is 2.72. The zero-order valence-corrected chi connectivity index (χ0v) is 17.7. The number of amides is 2. The second-order valence-electron chi connectivity index (χ2n) is 6.69. The summed E-state index contributed by atoms with van der Waals surface area (Å²) in [7, 11) is 0. The maximum Gasteiger partial charge on any atom is 0.513 e. The fourth-order valence-electron chi connectivity index (χ4n) is 2.72. The molecule has 3 aromatic rings. The molecule has 0 fully saturated rings. The summed E-state index contributed by atoms with van der Waals surface area (Å²) in [6.07, 6.45) is 1.82. The molecule has 168 valence electrons. The SMILES string of the molecule is CCOC(=O)Oc1ccc(C(=O)Nc2ccc(NC(=O)/C=C/c3ccccc3F)cc2)cc1. The Morgan fingerprint density at radius 1 is 0.879 bits per heavy atom. The van der Waals surface area contributed by atoms with Crippen LogP contribution in [-0.2, 0) is 9.53 Å². The van der Waals surface area contributed by atoms with E-state index < -0.39 is 17.9 Å². The molecule has 3 rings (SSSR count). The molecule has 0 saturated carbocycles. The van der Waals surface area contributed by atoms with Crippen LogP contribution in [0.25, 0.3) is 6.08 Å². The van der Waals surface area contributed by atoms with E-state index in [2.05, 4.69) is 15.4 Å². The van der Waals surface area contributed by atoms with Crippen LogP contribution in [0.3, 0.4) is 0 Å². The van der Waals surface area contributed by atoms with E-state index in [1.807, 2.05) is 0 Å². The predicted molar refractivity (Wildman–Crippen MR) is 123 cm³/mol. The molecule has 0 aliphatic carbocycles. The zero-order chi connectivity index (χ0) is 23.6. The van der Waals surface area contributed by atoms with Crippen LogP contribution in [0.1, 0.15) is 22.8 Å². The van der Waals surface area contributed by atoms with Crippen molar-refractivity contribution < 1.29 is 28.2 Å². The first kappa shape index (κ1) is 23.2. The van der Waals surface area contributed by atoms with Crippen molar-refractivity contribution >= 4 is 35.4 Å². The van der Waals surface area contributed by atoms with Crippen LogP contribution < -0.4 is 15.4 Å². The summed E-state index contributed by atoms with van der Waals surface area (Å²) in [6, 6.07) is 18.6. The van der Waals surface area contributed by atoms with E-state index in [-0.39, 0.29) is 18.3 Å². The molecule has 33 heavy (non-hydrogen) atoms. The summed E-state index contributed by atoms with van der Waals surface area (Å²) in [5, 5.41) is 5.39. The van der Waals surface area contributed by atoms with Crippen LogP contribution in [0.2, 0.25) is 0 Å². The molecule has 0 saturated heterocycles. The molecule has 0 bridgehead atoms. The van der Waals surface area contributed by atoms with Gasteiger partial charge in [-0.05, 0) is 67.6 Å². The molecular weight excluding hydrogens is 427 g/mol. The summed E-state index contributed by atoms with van der Waals surface area (Å²) in [5.74, 6) is -0.931. The van der Waals surface area contributed by atoms with Gasteiger partial charge in [0.05, 0.1) is 6.61 Å². The van der Waals surface area contributed by atoms with Crippen molar-refractivity contribution in [3.05, 3.63) is 95.8 Å². The Morgan fingerprint density at radius 3 is 2.15 bits per heavy atom. The maximum absolute atomic E-state index is 13.6. The highest BCUT2D eigenvalue weighted by molar-refractivity contribution is 6.05. The average Bonchev–Trinajstić information content (AvgIpc) is 2.80. The molecule has 0 radical (unpaired) electrons. The maximum atomic E-state index is 13.6. The van der Waals surface area contributed by atoms with E-state index in [0.29, 0.717) is 22.5 Å². The van der Waals surface area contributed by atoms with E-state index in [9.17, 15) is 18.8 Å². The highest BCUT2D eigenvalue weighted by Gasteiger charge is 2.09. The third-order valence-electron chi connectivity index (χ3n) is 4.31. The van der Waals surface area contributed by atoms with E-state index in [4.69, 9.17) is 4.74 Å². The highest BCUT2D eigenvalue weighted by Crippen LogP contribution is 2.17. The largest absolute Gasteiger partial charge is 0.513 e. The van der Waals surface area contributed by atoms with Crippen molar-refractivity contribution in [1.82, 2.24) is 0 Å². The predicted octanol–water partition coefficient (Wildman–Crippen LogP) is 5.27. The second-order valence-corrected chi connectivity index (χ2v) is 6.69. The van der Waals surface area contributed by atoms with Crippen molar-refractivity contribution in [2.24, 2.45) is 0 Å². The number of ether oxygens (including phenoxy) is 2. The first-order valence-corrected chi connectivity index (χ1v) is 10.0. The van der Waals surface area contributed by atoms with Crippen LogP contribution in [-0.4, -0.2) is 24.6 Å². The van der Waals surface area contributed by atoms with Gasteiger partial charge in [-0.25, -0.2) is 9.18 Å². The molecule has 0 heterocycles. The minimum atomic E-state index is -0.815. The molecule has 2 amide bonds. The molecular formula is C25H21FN2O5. The minimum Gasteiger partial charge on any atom is -0.434 e. The second kappa shape index (κ2) is 11.2. The third kappa shape index (κ3) is 7.03. The first-order valence-electron chi connectivity index (χ1n) is 10.0. The van der Waals surface area contributed by atoms with Crippen molar-refractivity contribution in [2.75, 3.05) is 17.2 Å². The van der Waals surface area contributed by atoms with Gasteiger partial charge in [-0.2, -0.15) is 0 Å². The lowest BCUT2D eigenvalue weighted by Crippen LogP contribution is -2.13. The molecule has 0 spiro atoms. The van der Waals surface area contributed by atoms with Crippen LogP contribution in [0.4, 0.5) is 20.6 Å². The van der Waals surface area contributed by atoms with Crippen molar-refractivity contribution in [2.45, 2.75) is 6.92 Å². The van der Waals surface area contributed by atoms with Gasteiger partial charge in [0.2, 0.25) is 5.91 Å². The molecule has 0 unspecified atom stereocenters. The number of benzene rings is 3. The lowest BCUT2D eigenvalue weighted by atomic mass is 10.2. The van der Waals surface area contributed by atoms with Crippen molar-refractivity contribution in [3.8, 4) is 5.75 Å². The molecule has 0 atom stereocenters. The van der Waals surface area contributed by atoms with Crippen molar-refractivity contribution in [3.63, 3.8) is 0 Å². The summed E-state index contributed by atoms with van der Waals surface area (Å²) in [5.41, 5.74) is 1.71. The van der Waals surface area contributed by atoms with Gasteiger partial charge in [-0.1, -0.05) is 18.2 Å². The number of carbonyl (C=O) groups excluding carboxylic acids is 3. The minimum absolute atomic E-state index is 0.201. The van der Waals surface area contributed by atoms with Gasteiger partial charge in [-0.15, -0.1) is 0 Å². The monoisotopic (exact) mass is 448 g/mol. The Labute approximate surface area is 189 Å². The molecule has 7 nitrogen and oxygen atoms in total. The van der Waals surface area contributed by atoms with Crippen LogP contribution in [0, 0.1) is 5.82 Å². The number of halogens is 1. The van der Waals surface area contributed by atoms with Gasteiger partial charge in [0, 0.05) is 28.6 Å². The lowest BCUT2D eigenvalue weighted by Gasteiger charge is -2.08. The zero-order valence-electron chi connectivity index (χ0n) is 17.7. The number of hydrogen-bond acceptors (Lipinski definition) is 5. The van der Waals surface area contributed by atoms with E-state index in [0.717, 1.165) is 0 Å². The van der Waals surface area contributed by atoms with Gasteiger partial charge >= 0.3 is 6.16 Å². The molecule has 0 aliphatic rings. The van der Waals surface area contributed by atoms with Gasteiger partial charge in [0.1, 0.15) is 11.6 Å². The van der Waals surface area contributed by atoms with E-state index in [1.54, 1.807) is 49.4 Å². The summed E-state index contributed by atoms with van der Waals surface area (Å²) in [4.78, 5) is 35.8. The third-order valence-corrected chi connectivity index (χ3v) is 4.31. The number of nitrogens with one attached hydrogen (secondary N) is 2. The molecule has 2 N–H and O–H groups in total. The van der Waals surface area contributed by atoms with Crippen molar-refractivity contribution in [1.29, 1.82) is 0 Å². The standard InChI is InChI=1S/C25H21FN2O5/c1-2-32-25(31)33-21-14-7-18(8-15-21)24(30)28-20-12-10-19(11-13-20)27-23(29)16-9-17-5-3-4-6-22(17)26/h3-16H,2H2,1H3,(H,27,29)(H,28,30)/b16-9+. The summed E-state index contributed by atoms with van der Waals surface area (Å²) in [6.45, 7) is 1.87. The Kier molecular flexibility index (Phi) is 7.91. The molecule has 8 heteroatoms. The van der Waals surface area contributed by atoms with Crippen LogP contribution in [0.15, 0.2) is 78.9 Å². The van der Waals surface area contributed by atoms with E-state index in [1.165, 1.54) is 42.5 Å². The Morgan fingerprint density at radius 2 is 1.52 bits per heavy atom. The average molecular weight is 448 g/mol. The normalized spacial score (nSPS) is 10.5. The van der Waals surface area contributed by atoms with E-state index >= 15 is 0 Å². The number of carbonyl (C=O) groups is 3. The Bertz CT molecular complexity index is 1160. The van der Waals surface area contributed by atoms with Gasteiger partial charge in [-0.3, -0.25) is 9.59 Å². The van der Waals surface area contributed by atoms with Gasteiger partial charge in [0.15, 0.2) is 0 Å². The topological polar surface area (TPSA) is 93.7 Å². The van der Waals surface area contributed by atoms with Crippen LogP contribution in [0.5, 0.6) is 5.75 Å². The smallest absolute Gasteiger partial charge is 0.434 e. The number of hydrogen-bond donors (Lipinski definition) is 2. The van der Waals surface area contributed by atoms with Gasteiger partial charge in [0.25, 0.3) is 5.91 Å². The lowest BCUT2D eigenvalue weighted by molar-refractivity contribution is -0.111. The molecule has 0 aromatic heterocycles. The Balaban J connectivity index is 1.53.